The van der Waals surface area contributed by atoms with Gasteiger partial charge in [-0.15, -0.1) is 0 Å². The van der Waals surface area contributed by atoms with Crippen LogP contribution in [0.25, 0.3) is 11.1 Å². The summed E-state index contributed by atoms with van der Waals surface area (Å²) in [7, 11) is 0.958. The summed E-state index contributed by atoms with van der Waals surface area (Å²) < 4.78 is 85.2. The highest BCUT2D eigenvalue weighted by atomic mass is 35.5. The smallest absolute Gasteiger partial charge is 0.339 e. The summed E-state index contributed by atoms with van der Waals surface area (Å²) in [6, 6.07) is 1.04. The van der Waals surface area contributed by atoms with Crippen molar-refractivity contribution in [3.8, 4) is 11.1 Å². The van der Waals surface area contributed by atoms with Crippen molar-refractivity contribution < 1.29 is 35.9 Å². The number of methoxy groups -OCH3 is 1. The number of halogens is 7. The van der Waals surface area contributed by atoms with Gasteiger partial charge in [0.25, 0.3) is 0 Å². The van der Waals surface area contributed by atoms with Crippen LogP contribution in [0.2, 0.25) is 5.02 Å². The molecule has 0 aromatic heterocycles. The average molecular weight is 355 g/mol. The first-order chi connectivity index (χ1) is 10.7. The molecule has 0 radical (unpaired) electrons. The van der Waals surface area contributed by atoms with E-state index in [1.807, 2.05) is 0 Å². The molecule has 2 rings (SSSR count). The monoisotopic (exact) mass is 354 g/mol. The van der Waals surface area contributed by atoms with Crippen LogP contribution < -0.4 is 0 Å². The average Bonchev–Trinajstić information content (AvgIpc) is 2.52. The predicted octanol–water partition coefficient (Wildman–Crippen LogP) is 4.63. The van der Waals surface area contributed by atoms with Gasteiger partial charge in [0.1, 0.15) is 5.82 Å². The zero-order valence-electron chi connectivity index (χ0n) is 11.1. The van der Waals surface area contributed by atoms with Crippen molar-refractivity contribution in [3.63, 3.8) is 0 Å². The van der Waals surface area contributed by atoms with Gasteiger partial charge in [-0.1, -0.05) is 11.6 Å². The van der Waals surface area contributed by atoms with E-state index in [0.29, 0.717) is 12.1 Å². The van der Waals surface area contributed by atoms with E-state index in [0.717, 1.165) is 7.11 Å². The fraction of sp³-hybridized carbons (Fsp3) is 0.0714. The Balaban J connectivity index is 2.85. The Morgan fingerprint density at radius 3 is 1.87 bits per heavy atom. The fourth-order valence-corrected chi connectivity index (χ4v) is 2.08. The largest absolute Gasteiger partial charge is 0.465 e. The van der Waals surface area contributed by atoms with E-state index in [2.05, 4.69) is 4.74 Å². The molecule has 0 saturated heterocycles. The molecule has 0 N–H and O–H groups in total. The summed E-state index contributed by atoms with van der Waals surface area (Å²) in [5.41, 5.74) is -3.04. The minimum atomic E-state index is -2.38. The molecule has 0 aliphatic rings. The quantitative estimate of drug-likeness (QED) is 0.340. The number of carbonyl (C=O) groups excluding carboxylic acids is 1. The van der Waals surface area contributed by atoms with E-state index in [4.69, 9.17) is 11.6 Å². The molecule has 0 heterocycles. The van der Waals surface area contributed by atoms with Gasteiger partial charge in [0.05, 0.1) is 23.3 Å². The lowest BCUT2D eigenvalue weighted by molar-refractivity contribution is 0.0601. The second-order valence-electron chi connectivity index (χ2n) is 4.25. The maximum Gasteiger partial charge on any atom is 0.339 e. The summed E-state index contributed by atoms with van der Waals surface area (Å²) in [5.74, 6) is -13.8. The topological polar surface area (TPSA) is 26.3 Å². The van der Waals surface area contributed by atoms with E-state index < -0.39 is 62.6 Å². The van der Waals surface area contributed by atoms with Crippen LogP contribution in [0.1, 0.15) is 10.4 Å². The molecule has 0 unspecified atom stereocenters. The number of hydrogen-bond acceptors (Lipinski definition) is 2. The molecular formula is C14H5ClF6O2. The third-order valence-corrected chi connectivity index (χ3v) is 3.25. The Morgan fingerprint density at radius 1 is 0.913 bits per heavy atom. The molecule has 0 atom stereocenters. The van der Waals surface area contributed by atoms with Crippen molar-refractivity contribution in [2.75, 3.05) is 7.11 Å². The zero-order chi connectivity index (χ0) is 17.5. The summed E-state index contributed by atoms with van der Waals surface area (Å²) >= 11 is 5.59. The summed E-state index contributed by atoms with van der Waals surface area (Å²) in [5, 5.41) is -0.457. The highest BCUT2D eigenvalue weighted by molar-refractivity contribution is 6.33. The van der Waals surface area contributed by atoms with Gasteiger partial charge in [-0.2, -0.15) is 0 Å². The highest BCUT2D eigenvalue weighted by Crippen LogP contribution is 2.35. The van der Waals surface area contributed by atoms with Crippen molar-refractivity contribution in [3.05, 3.63) is 57.6 Å². The molecule has 0 spiro atoms. The molecule has 0 saturated carbocycles. The standard InChI is InChI=1S/C14H5ClF6O2/c1-23-14(22)4-2-5(7(16)3-6(4)15)8-9(17)11(19)13(21)12(20)10(8)18/h2-3H,1H3. The number of benzene rings is 2. The van der Waals surface area contributed by atoms with Crippen LogP contribution in [0.5, 0.6) is 0 Å². The predicted molar refractivity (Wildman–Crippen MR) is 68.0 cm³/mol. The lowest BCUT2D eigenvalue weighted by Crippen LogP contribution is -2.07. The number of ether oxygens (including phenoxy) is 1. The molecular weight excluding hydrogens is 350 g/mol. The van der Waals surface area contributed by atoms with E-state index in [-0.39, 0.29) is 0 Å². The van der Waals surface area contributed by atoms with E-state index in [9.17, 15) is 31.1 Å². The summed E-state index contributed by atoms with van der Waals surface area (Å²) in [4.78, 5) is 11.5. The summed E-state index contributed by atoms with van der Waals surface area (Å²) in [6.45, 7) is 0. The first-order valence-electron chi connectivity index (χ1n) is 5.79. The minimum absolute atomic E-state index is 0.457. The van der Waals surface area contributed by atoms with Crippen LogP contribution in [-0.4, -0.2) is 13.1 Å². The number of esters is 1. The van der Waals surface area contributed by atoms with Crippen LogP contribution in [-0.2, 0) is 4.74 Å². The lowest BCUT2D eigenvalue weighted by atomic mass is 10.0. The van der Waals surface area contributed by atoms with Gasteiger partial charge in [0, 0.05) is 5.56 Å². The Kier molecular flexibility index (Phi) is 4.56. The molecule has 122 valence electrons. The number of hydrogen-bond donors (Lipinski definition) is 0. The second-order valence-corrected chi connectivity index (χ2v) is 4.66. The SMILES string of the molecule is COC(=O)c1cc(-c2c(F)c(F)c(F)c(F)c2F)c(F)cc1Cl. The van der Waals surface area contributed by atoms with Gasteiger partial charge in [0.2, 0.25) is 5.82 Å². The molecule has 0 amide bonds. The van der Waals surface area contributed by atoms with Crippen LogP contribution in [0, 0.1) is 34.9 Å². The summed E-state index contributed by atoms with van der Waals surface area (Å²) in [6.07, 6.45) is 0. The molecule has 23 heavy (non-hydrogen) atoms. The second kappa shape index (κ2) is 6.11. The van der Waals surface area contributed by atoms with Crippen molar-refractivity contribution in [1.29, 1.82) is 0 Å². The lowest BCUT2D eigenvalue weighted by Gasteiger charge is -2.11. The Hall–Kier alpha value is -2.22. The molecule has 0 bridgehead atoms. The van der Waals surface area contributed by atoms with Crippen LogP contribution in [0.15, 0.2) is 12.1 Å². The van der Waals surface area contributed by atoms with E-state index in [1.165, 1.54) is 0 Å². The van der Waals surface area contributed by atoms with Crippen molar-refractivity contribution in [1.82, 2.24) is 0 Å². The molecule has 9 heteroatoms. The van der Waals surface area contributed by atoms with E-state index in [1.54, 1.807) is 0 Å². The highest BCUT2D eigenvalue weighted by Gasteiger charge is 2.29. The van der Waals surface area contributed by atoms with Crippen LogP contribution >= 0.6 is 11.6 Å². The Bertz CT molecular complexity index is 793. The fourth-order valence-electron chi connectivity index (χ4n) is 1.85. The van der Waals surface area contributed by atoms with E-state index >= 15 is 0 Å². The molecule has 2 nitrogen and oxygen atoms in total. The van der Waals surface area contributed by atoms with Crippen molar-refractivity contribution in [2.45, 2.75) is 0 Å². The van der Waals surface area contributed by atoms with Gasteiger partial charge in [-0.3, -0.25) is 0 Å². The van der Waals surface area contributed by atoms with Gasteiger partial charge < -0.3 is 4.74 Å². The first kappa shape index (κ1) is 17.1. The molecule has 0 aliphatic heterocycles. The van der Waals surface area contributed by atoms with Crippen LogP contribution in [0.4, 0.5) is 26.3 Å². The molecule has 2 aromatic carbocycles. The number of rotatable bonds is 2. The first-order valence-corrected chi connectivity index (χ1v) is 6.17. The molecule has 0 aliphatic carbocycles. The third-order valence-electron chi connectivity index (χ3n) is 2.94. The van der Waals surface area contributed by atoms with Gasteiger partial charge in [-0.25, -0.2) is 31.1 Å². The van der Waals surface area contributed by atoms with Crippen LogP contribution in [0.3, 0.4) is 0 Å². The van der Waals surface area contributed by atoms with Gasteiger partial charge in [-0.05, 0) is 12.1 Å². The minimum Gasteiger partial charge on any atom is -0.465 e. The normalized spacial score (nSPS) is 10.8. The number of carbonyl (C=O) groups is 1. The zero-order valence-corrected chi connectivity index (χ0v) is 11.9. The maximum absolute atomic E-state index is 13.9. The third kappa shape index (κ3) is 2.74. The van der Waals surface area contributed by atoms with Gasteiger partial charge in [0.15, 0.2) is 23.3 Å². The Labute approximate surface area is 130 Å². The molecule has 2 aromatic rings. The maximum atomic E-state index is 13.9. The molecule has 0 fully saturated rings. The Morgan fingerprint density at radius 2 is 1.39 bits per heavy atom. The van der Waals surface area contributed by atoms with Crippen molar-refractivity contribution >= 4 is 17.6 Å². The van der Waals surface area contributed by atoms with Crippen molar-refractivity contribution in [2.24, 2.45) is 0 Å². The van der Waals surface area contributed by atoms with Gasteiger partial charge >= 0.3 is 5.97 Å².